The number of hydrogen-bond acceptors (Lipinski definition) is 5. The van der Waals surface area contributed by atoms with Gasteiger partial charge in [0.25, 0.3) is 0 Å². The number of carbonyl (C=O) groups is 2. The van der Waals surface area contributed by atoms with Crippen LogP contribution in [-0.4, -0.2) is 67.4 Å². The van der Waals surface area contributed by atoms with Gasteiger partial charge in [0.1, 0.15) is 6.54 Å². The highest BCUT2D eigenvalue weighted by Crippen LogP contribution is 2.22. The molecule has 2 heterocycles. The number of benzene rings is 2. The van der Waals surface area contributed by atoms with Crippen LogP contribution in [0.5, 0.6) is 0 Å². The highest BCUT2D eigenvalue weighted by atomic mass is 32.2. The molecule has 1 aliphatic heterocycles. The van der Waals surface area contributed by atoms with Crippen molar-refractivity contribution in [3.05, 3.63) is 77.3 Å². The Hall–Kier alpha value is -3.43. The largest absolute Gasteiger partial charge is 0.465 e. The summed E-state index contributed by atoms with van der Waals surface area (Å²) in [5, 5.41) is 1.93. The number of nitrogens with zero attached hydrogens (tertiary/aromatic N) is 3. The molecule has 0 radical (unpaired) electrons. The number of carbonyl (C=O) groups excluding carboxylic acids is 2. The van der Waals surface area contributed by atoms with E-state index in [0.717, 1.165) is 16.5 Å². The molecule has 1 amide bonds. The van der Waals surface area contributed by atoms with Crippen LogP contribution < -0.4 is 0 Å². The Kier molecular flexibility index (Phi) is 6.62. The molecular weight excluding hydrogens is 442 g/mol. The molecular formula is C24H25N3O5S. The number of amides is 1. The summed E-state index contributed by atoms with van der Waals surface area (Å²) in [5.74, 6) is -0.594. The number of piperazine rings is 1. The van der Waals surface area contributed by atoms with E-state index in [-0.39, 0.29) is 25.5 Å². The summed E-state index contributed by atoms with van der Waals surface area (Å²) in [7, 11) is -2.25. The lowest BCUT2D eigenvalue weighted by atomic mass is 10.2. The molecule has 2 aromatic carbocycles. The fourth-order valence-corrected chi connectivity index (χ4v) is 5.08. The van der Waals surface area contributed by atoms with E-state index in [1.165, 1.54) is 16.8 Å². The van der Waals surface area contributed by atoms with E-state index in [1.807, 2.05) is 54.6 Å². The predicted octanol–water partition coefficient (Wildman–Crippen LogP) is 2.57. The quantitative estimate of drug-likeness (QED) is 0.520. The van der Waals surface area contributed by atoms with Crippen molar-refractivity contribution in [2.24, 2.45) is 0 Å². The third kappa shape index (κ3) is 4.99. The monoisotopic (exact) mass is 467 g/mol. The molecule has 0 N–H and O–H groups in total. The lowest BCUT2D eigenvalue weighted by Gasteiger charge is -2.33. The second-order valence-corrected chi connectivity index (χ2v) is 9.54. The second kappa shape index (κ2) is 9.60. The molecule has 0 aliphatic carbocycles. The fourth-order valence-electron chi connectivity index (χ4n) is 3.90. The van der Waals surface area contributed by atoms with Gasteiger partial charge < -0.3 is 14.2 Å². The van der Waals surface area contributed by atoms with E-state index in [1.54, 1.807) is 21.7 Å². The zero-order valence-electron chi connectivity index (χ0n) is 18.3. The second-order valence-electron chi connectivity index (χ2n) is 7.72. The summed E-state index contributed by atoms with van der Waals surface area (Å²) < 4.78 is 33.3. The van der Waals surface area contributed by atoms with Gasteiger partial charge in [-0.15, -0.1) is 0 Å². The molecule has 1 fully saturated rings. The SMILES string of the molecule is COC(=O)c1cn(CC(=O)N2CCN(S(=O)(=O)/C=C/c3ccccc3)CC2)c2ccccc12. The summed E-state index contributed by atoms with van der Waals surface area (Å²) in [6, 6.07) is 16.6. The molecule has 0 saturated carbocycles. The first-order valence-electron chi connectivity index (χ1n) is 10.6. The number of sulfonamides is 1. The van der Waals surface area contributed by atoms with Crippen LogP contribution in [0, 0.1) is 0 Å². The number of esters is 1. The van der Waals surface area contributed by atoms with Crippen molar-refractivity contribution in [2.75, 3.05) is 33.3 Å². The lowest BCUT2D eigenvalue weighted by Crippen LogP contribution is -2.50. The van der Waals surface area contributed by atoms with Gasteiger partial charge in [-0.25, -0.2) is 13.2 Å². The first-order valence-corrected chi connectivity index (χ1v) is 12.1. The van der Waals surface area contributed by atoms with Gasteiger partial charge in [-0.1, -0.05) is 48.5 Å². The first-order chi connectivity index (χ1) is 15.9. The Balaban J connectivity index is 1.41. The summed E-state index contributed by atoms with van der Waals surface area (Å²) >= 11 is 0. The van der Waals surface area contributed by atoms with Crippen LogP contribution in [0.25, 0.3) is 17.0 Å². The smallest absolute Gasteiger partial charge is 0.340 e. The van der Waals surface area contributed by atoms with Gasteiger partial charge in [0.05, 0.1) is 12.7 Å². The summed E-state index contributed by atoms with van der Waals surface area (Å²) in [6.45, 7) is 1.12. The van der Waals surface area contributed by atoms with Gasteiger partial charge >= 0.3 is 5.97 Å². The van der Waals surface area contributed by atoms with Crippen LogP contribution in [0.3, 0.4) is 0 Å². The highest BCUT2D eigenvalue weighted by Gasteiger charge is 2.28. The Morgan fingerprint density at radius 3 is 2.33 bits per heavy atom. The molecule has 3 aromatic rings. The molecule has 0 spiro atoms. The number of hydrogen-bond donors (Lipinski definition) is 0. The number of methoxy groups -OCH3 is 1. The van der Waals surface area contributed by atoms with Crippen LogP contribution in [0.4, 0.5) is 0 Å². The van der Waals surface area contributed by atoms with Gasteiger partial charge in [-0.05, 0) is 17.7 Å². The first kappa shape index (κ1) is 22.8. The van der Waals surface area contributed by atoms with Crippen molar-refractivity contribution in [2.45, 2.75) is 6.54 Å². The molecule has 1 aliphatic rings. The fraction of sp³-hybridized carbons (Fsp3) is 0.250. The molecule has 172 valence electrons. The number of rotatable bonds is 6. The van der Waals surface area contributed by atoms with Gasteiger partial charge in [0, 0.05) is 48.7 Å². The average molecular weight is 468 g/mol. The summed E-state index contributed by atoms with van der Waals surface area (Å²) in [5.41, 5.74) is 1.97. The maximum absolute atomic E-state index is 12.9. The molecule has 0 atom stereocenters. The van der Waals surface area contributed by atoms with Gasteiger partial charge in [0.15, 0.2) is 0 Å². The normalized spacial score (nSPS) is 15.2. The van der Waals surface area contributed by atoms with Crippen LogP contribution in [-0.2, 0) is 26.1 Å². The van der Waals surface area contributed by atoms with Crippen molar-refractivity contribution < 1.29 is 22.7 Å². The minimum Gasteiger partial charge on any atom is -0.465 e. The molecule has 0 unspecified atom stereocenters. The maximum Gasteiger partial charge on any atom is 0.340 e. The van der Waals surface area contributed by atoms with Crippen molar-refractivity contribution in [3.63, 3.8) is 0 Å². The Labute approximate surface area is 192 Å². The topological polar surface area (TPSA) is 88.9 Å². The Bertz CT molecular complexity index is 1290. The van der Waals surface area contributed by atoms with E-state index in [9.17, 15) is 18.0 Å². The zero-order chi connectivity index (χ0) is 23.4. The number of para-hydroxylation sites is 1. The van der Waals surface area contributed by atoms with Crippen molar-refractivity contribution in [1.29, 1.82) is 0 Å². The molecule has 1 saturated heterocycles. The van der Waals surface area contributed by atoms with E-state index in [4.69, 9.17) is 4.74 Å². The maximum atomic E-state index is 12.9. The van der Waals surface area contributed by atoms with Gasteiger partial charge in [0.2, 0.25) is 15.9 Å². The minimum absolute atomic E-state index is 0.0537. The molecule has 0 bridgehead atoms. The summed E-state index contributed by atoms with van der Waals surface area (Å²) in [4.78, 5) is 26.7. The van der Waals surface area contributed by atoms with E-state index in [0.29, 0.717) is 18.7 Å². The molecule has 1 aromatic heterocycles. The van der Waals surface area contributed by atoms with Gasteiger partial charge in [-0.3, -0.25) is 4.79 Å². The number of fused-ring (bicyclic) bond motifs is 1. The molecule has 8 nitrogen and oxygen atoms in total. The Morgan fingerprint density at radius 2 is 1.64 bits per heavy atom. The molecule has 33 heavy (non-hydrogen) atoms. The Morgan fingerprint density at radius 1 is 0.970 bits per heavy atom. The van der Waals surface area contributed by atoms with Gasteiger partial charge in [-0.2, -0.15) is 4.31 Å². The number of ether oxygens (including phenoxy) is 1. The lowest BCUT2D eigenvalue weighted by molar-refractivity contribution is -0.132. The van der Waals surface area contributed by atoms with Crippen molar-refractivity contribution in [1.82, 2.24) is 13.8 Å². The molecule has 4 rings (SSSR count). The van der Waals surface area contributed by atoms with E-state index >= 15 is 0 Å². The average Bonchev–Trinajstić information content (AvgIpc) is 3.21. The minimum atomic E-state index is -3.57. The van der Waals surface area contributed by atoms with Crippen LogP contribution >= 0.6 is 0 Å². The standard InChI is InChI=1S/C24H25N3O5S/c1-32-24(29)21-17-26(22-10-6-5-9-20(21)22)18-23(28)25-12-14-27(15-13-25)33(30,31)16-11-19-7-3-2-4-8-19/h2-11,16-17H,12-15,18H2,1H3/b16-11+. The third-order valence-electron chi connectivity index (χ3n) is 5.68. The van der Waals surface area contributed by atoms with E-state index in [2.05, 4.69) is 0 Å². The van der Waals surface area contributed by atoms with Crippen molar-refractivity contribution in [3.8, 4) is 0 Å². The van der Waals surface area contributed by atoms with Crippen LogP contribution in [0.15, 0.2) is 66.2 Å². The predicted molar refractivity (Wildman–Crippen MR) is 126 cm³/mol. The van der Waals surface area contributed by atoms with E-state index < -0.39 is 16.0 Å². The highest BCUT2D eigenvalue weighted by molar-refractivity contribution is 7.92. The zero-order valence-corrected chi connectivity index (χ0v) is 19.1. The third-order valence-corrected chi connectivity index (χ3v) is 7.25. The number of aromatic nitrogens is 1. The molecule has 9 heteroatoms. The van der Waals surface area contributed by atoms with Crippen LogP contribution in [0.1, 0.15) is 15.9 Å². The van der Waals surface area contributed by atoms with Crippen molar-refractivity contribution >= 4 is 38.9 Å². The van der Waals surface area contributed by atoms with Crippen LogP contribution in [0.2, 0.25) is 0 Å². The summed E-state index contributed by atoms with van der Waals surface area (Å²) in [6.07, 6.45) is 3.20.